The Morgan fingerprint density at radius 2 is 2.16 bits per heavy atom. The number of nitrogens with zero attached hydrogens (tertiary/aromatic N) is 1. The van der Waals surface area contributed by atoms with Crippen LogP contribution in [-0.4, -0.2) is 31.0 Å². The number of hydrogen-bond donors (Lipinski definition) is 1. The summed E-state index contributed by atoms with van der Waals surface area (Å²) in [5.74, 6) is -0.775. The minimum atomic E-state index is -3.74. The molecular formula is C11H12BrFN2O3S. The van der Waals surface area contributed by atoms with Crippen LogP contribution in [-0.2, 0) is 21.4 Å². The van der Waals surface area contributed by atoms with E-state index in [4.69, 9.17) is 5.14 Å². The third-order valence-electron chi connectivity index (χ3n) is 3.02. The first-order valence-electron chi connectivity index (χ1n) is 5.50. The van der Waals surface area contributed by atoms with Gasteiger partial charge in [-0.15, -0.1) is 0 Å². The number of primary sulfonamides is 1. The molecule has 1 atom stereocenters. The molecule has 1 heterocycles. The standard InChI is InChI=1S/C11H12BrFN2O3S/c12-8-2-1-7(10(13)3-8)5-15-6-9(4-11(15)16)19(14,17)18/h1-3,9H,4-6H2,(H2,14,17,18). The minimum Gasteiger partial charge on any atom is -0.337 e. The Morgan fingerprint density at radius 1 is 1.47 bits per heavy atom. The predicted octanol–water partition coefficient (Wildman–Crippen LogP) is 0.978. The van der Waals surface area contributed by atoms with Gasteiger partial charge in [-0.3, -0.25) is 4.79 Å². The van der Waals surface area contributed by atoms with Crippen LogP contribution in [0.1, 0.15) is 12.0 Å². The van der Waals surface area contributed by atoms with Crippen molar-refractivity contribution in [1.82, 2.24) is 4.90 Å². The largest absolute Gasteiger partial charge is 0.337 e. The zero-order valence-corrected chi connectivity index (χ0v) is 12.2. The normalized spacial score (nSPS) is 20.1. The Labute approximate surface area is 118 Å². The van der Waals surface area contributed by atoms with Crippen LogP contribution in [0.25, 0.3) is 0 Å². The number of amides is 1. The molecule has 0 aliphatic carbocycles. The Hall–Kier alpha value is -0.990. The quantitative estimate of drug-likeness (QED) is 0.882. The summed E-state index contributed by atoms with van der Waals surface area (Å²) in [5, 5.41) is 4.12. The summed E-state index contributed by atoms with van der Waals surface area (Å²) in [4.78, 5) is 13.0. The van der Waals surface area contributed by atoms with Gasteiger partial charge < -0.3 is 4.90 Å². The molecule has 1 amide bonds. The molecule has 0 saturated carbocycles. The van der Waals surface area contributed by atoms with Crippen molar-refractivity contribution < 1.29 is 17.6 Å². The third-order valence-corrected chi connectivity index (χ3v) is 4.76. The van der Waals surface area contributed by atoms with E-state index < -0.39 is 21.1 Å². The number of carbonyl (C=O) groups is 1. The molecule has 19 heavy (non-hydrogen) atoms. The summed E-state index contributed by atoms with van der Waals surface area (Å²) < 4.78 is 36.7. The van der Waals surface area contributed by atoms with E-state index in [-0.39, 0.29) is 25.4 Å². The maximum Gasteiger partial charge on any atom is 0.224 e. The lowest BCUT2D eigenvalue weighted by molar-refractivity contribution is -0.128. The van der Waals surface area contributed by atoms with Crippen LogP contribution in [0.2, 0.25) is 0 Å². The summed E-state index contributed by atoms with van der Waals surface area (Å²) in [6.07, 6.45) is -0.142. The summed E-state index contributed by atoms with van der Waals surface area (Å²) >= 11 is 3.14. The lowest BCUT2D eigenvalue weighted by Gasteiger charge is -2.16. The van der Waals surface area contributed by atoms with Gasteiger partial charge in [0.05, 0.1) is 0 Å². The molecule has 0 bridgehead atoms. The van der Waals surface area contributed by atoms with Crippen LogP contribution in [0.5, 0.6) is 0 Å². The fourth-order valence-corrected chi connectivity index (χ4v) is 3.06. The zero-order valence-electron chi connectivity index (χ0n) is 9.84. The monoisotopic (exact) mass is 350 g/mol. The molecule has 8 heteroatoms. The number of hydrogen-bond acceptors (Lipinski definition) is 3. The van der Waals surface area contributed by atoms with Crippen LogP contribution in [0.15, 0.2) is 22.7 Å². The molecule has 2 rings (SSSR count). The van der Waals surface area contributed by atoms with E-state index in [9.17, 15) is 17.6 Å². The second kappa shape index (κ2) is 5.18. The number of benzene rings is 1. The molecule has 0 spiro atoms. The first-order chi connectivity index (χ1) is 8.77. The molecule has 1 aliphatic rings. The van der Waals surface area contributed by atoms with Gasteiger partial charge in [0, 0.05) is 29.5 Å². The third kappa shape index (κ3) is 3.31. The summed E-state index contributed by atoms with van der Waals surface area (Å²) in [6.45, 7) is 0.0527. The number of halogens is 2. The Balaban J connectivity index is 2.14. The molecule has 1 fully saturated rings. The molecule has 1 unspecified atom stereocenters. The van der Waals surface area contributed by atoms with Gasteiger partial charge in [0.2, 0.25) is 15.9 Å². The topological polar surface area (TPSA) is 80.5 Å². The van der Waals surface area contributed by atoms with Crippen molar-refractivity contribution in [1.29, 1.82) is 0 Å². The zero-order chi connectivity index (χ0) is 14.2. The van der Waals surface area contributed by atoms with Gasteiger partial charge in [-0.1, -0.05) is 22.0 Å². The lowest BCUT2D eigenvalue weighted by atomic mass is 10.2. The van der Waals surface area contributed by atoms with E-state index in [1.807, 2.05) is 0 Å². The SMILES string of the molecule is NS(=O)(=O)C1CC(=O)N(Cc2ccc(Br)cc2F)C1. The first-order valence-corrected chi connectivity index (χ1v) is 7.91. The van der Waals surface area contributed by atoms with E-state index in [1.54, 1.807) is 12.1 Å². The fourth-order valence-electron chi connectivity index (χ4n) is 1.96. The maximum absolute atomic E-state index is 13.7. The number of carbonyl (C=O) groups excluding carboxylic acids is 1. The van der Waals surface area contributed by atoms with Gasteiger partial charge >= 0.3 is 0 Å². The number of nitrogens with two attached hydrogens (primary N) is 1. The molecule has 1 aliphatic heterocycles. The van der Waals surface area contributed by atoms with Gasteiger partial charge in [-0.25, -0.2) is 17.9 Å². The van der Waals surface area contributed by atoms with Crippen LogP contribution in [0.4, 0.5) is 4.39 Å². The van der Waals surface area contributed by atoms with Crippen molar-refractivity contribution >= 4 is 31.9 Å². The summed E-state index contributed by atoms with van der Waals surface area (Å²) in [6, 6.07) is 4.51. The second-order valence-electron chi connectivity index (χ2n) is 4.43. The van der Waals surface area contributed by atoms with E-state index in [0.29, 0.717) is 10.0 Å². The van der Waals surface area contributed by atoms with E-state index >= 15 is 0 Å². The van der Waals surface area contributed by atoms with Crippen molar-refractivity contribution in [3.05, 3.63) is 34.1 Å². The molecule has 5 nitrogen and oxygen atoms in total. The highest BCUT2D eigenvalue weighted by Crippen LogP contribution is 2.22. The molecule has 1 aromatic rings. The lowest BCUT2D eigenvalue weighted by Crippen LogP contribution is -2.32. The van der Waals surface area contributed by atoms with Crippen LogP contribution >= 0.6 is 15.9 Å². The van der Waals surface area contributed by atoms with Crippen LogP contribution in [0.3, 0.4) is 0 Å². The highest BCUT2D eigenvalue weighted by atomic mass is 79.9. The summed E-state index contributed by atoms with van der Waals surface area (Å²) in [5.41, 5.74) is 0.339. The second-order valence-corrected chi connectivity index (χ2v) is 7.19. The molecular weight excluding hydrogens is 339 g/mol. The van der Waals surface area contributed by atoms with Gasteiger partial charge in [-0.2, -0.15) is 0 Å². The highest BCUT2D eigenvalue weighted by molar-refractivity contribution is 9.10. The molecule has 2 N–H and O–H groups in total. The average molecular weight is 351 g/mol. The van der Waals surface area contributed by atoms with Crippen molar-refractivity contribution in [3.8, 4) is 0 Å². The maximum atomic E-state index is 13.7. The van der Waals surface area contributed by atoms with Crippen molar-refractivity contribution in [3.63, 3.8) is 0 Å². The van der Waals surface area contributed by atoms with Crippen LogP contribution in [0, 0.1) is 5.82 Å². The first kappa shape index (κ1) is 14.4. The van der Waals surface area contributed by atoms with Crippen molar-refractivity contribution in [2.75, 3.05) is 6.54 Å². The molecule has 1 saturated heterocycles. The number of rotatable bonds is 3. The van der Waals surface area contributed by atoms with E-state index in [2.05, 4.69) is 15.9 Å². The Kier molecular flexibility index (Phi) is 3.93. The van der Waals surface area contributed by atoms with Gasteiger partial charge in [0.25, 0.3) is 0 Å². The number of likely N-dealkylation sites (tertiary alicyclic amines) is 1. The smallest absolute Gasteiger partial charge is 0.224 e. The van der Waals surface area contributed by atoms with Gasteiger partial charge in [0.1, 0.15) is 11.1 Å². The van der Waals surface area contributed by atoms with Gasteiger partial charge in [0.15, 0.2) is 0 Å². The molecule has 1 aromatic carbocycles. The van der Waals surface area contributed by atoms with E-state index in [1.165, 1.54) is 11.0 Å². The Morgan fingerprint density at radius 3 is 2.68 bits per heavy atom. The van der Waals surface area contributed by atoms with Crippen LogP contribution < -0.4 is 5.14 Å². The summed E-state index contributed by atoms with van der Waals surface area (Å²) in [7, 11) is -3.74. The molecule has 104 valence electrons. The van der Waals surface area contributed by atoms with Crippen molar-refractivity contribution in [2.45, 2.75) is 18.2 Å². The van der Waals surface area contributed by atoms with E-state index in [0.717, 1.165) is 0 Å². The van der Waals surface area contributed by atoms with Crippen molar-refractivity contribution in [2.24, 2.45) is 5.14 Å². The average Bonchev–Trinajstić information content (AvgIpc) is 2.64. The fraction of sp³-hybridized carbons (Fsp3) is 0.364. The Bertz CT molecular complexity index is 620. The number of sulfonamides is 1. The minimum absolute atomic E-state index is 0.00711. The molecule has 0 aromatic heterocycles. The van der Waals surface area contributed by atoms with Gasteiger partial charge in [-0.05, 0) is 12.1 Å². The highest BCUT2D eigenvalue weighted by Gasteiger charge is 2.36. The molecule has 0 radical (unpaired) electrons. The predicted molar refractivity (Wildman–Crippen MR) is 71.0 cm³/mol.